The first-order valence-electron chi connectivity index (χ1n) is 10.2. The van der Waals surface area contributed by atoms with E-state index in [1.807, 2.05) is 72.5 Å². The summed E-state index contributed by atoms with van der Waals surface area (Å²) >= 11 is 1.31. The second kappa shape index (κ2) is 8.04. The summed E-state index contributed by atoms with van der Waals surface area (Å²) in [6.45, 7) is 2.68. The predicted octanol–water partition coefficient (Wildman–Crippen LogP) is 4.38. The first kappa shape index (κ1) is 19.6. The first-order chi connectivity index (χ1) is 15.1. The Morgan fingerprint density at radius 3 is 2.71 bits per heavy atom. The number of benzene rings is 3. The fourth-order valence-electron chi connectivity index (χ4n) is 4.01. The lowest BCUT2D eigenvalue weighted by molar-refractivity contribution is -0.116. The summed E-state index contributed by atoms with van der Waals surface area (Å²) in [5.74, 6) is 0.235. The van der Waals surface area contributed by atoms with E-state index in [2.05, 4.69) is 6.07 Å². The molecule has 31 heavy (non-hydrogen) atoms. The van der Waals surface area contributed by atoms with Gasteiger partial charge in [-0.1, -0.05) is 54.2 Å². The fraction of sp³-hybridized carbons (Fsp3) is 0.160. The topological polar surface area (TPSA) is 55.2 Å². The number of hydrogen-bond acceptors (Lipinski definition) is 4. The van der Waals surface area contributed by atoms with Gasteiger partial charge in [0.1, 0.15) is 0 Å². The molecule has 154 valence electrons. The van der Waals surface area contributed by atoms with Crippen molar-refractivity contribution < 1.29 is 4.79 Å². The summed E-state index contributed by atoms with van der Waals surface area (Å²) in [5, 5.41) is 1.09. The summed E-state index contributed by atoms with van der Waals surface area (Å²) in [6.07, 6.45) is 0.870. The molecule has 1 aromatic heterocycles. The van der Waals surface area contributed by atoms with Crippen molar-refractivity contribution in [1.29, 1.82) is 0 Å². The van der Waals surface area contributed by atoms with Gasteiger partial charge in [0.05, 0.1) is 22.3 Å². The summed E-state index contributed by atoms with van der Waals surface area (Å²) in [7, 11) is 0. The number of carbonyl (C=O) groups is 1. The van der Waals surface area contributed by atoms with Gasteiger partial charge in [-0.05, 0) is 54.8 Å². The number of carbonyl (C=O) groups excluding carboxylic acids is 1. The third-order valence-electron chi connectivity index (χ3n) is 5.52. The molecular weight excluding hydrogens is 406 g/mol. The smallest absolute Gasteiger partial charge is 0.266 e. The number of para-hydroxylation sites is 2. The summed E-state index contributed by atoms with van der Waals surface area (Å²) < 4.78 is 1.62. The van der Waals surface area contributed by atoms with Crippen LogP contribution in [0.25, 0.3) is 16.6 Å². The molecule has 5 rings (SSSR count). The van der Waals surface area contributed by atoms with E-state index in [1.165, 1.54) is 17.3 Å². The van der Waals surface area contributed by atoms with Gasteiger partial charge in [0.25, 0.3) is 5.56 Å². The highest BCUT2D eigenvalue weighted by molar-refractivity contribution is 7.99. The maximum absolute atomic E-state index is 13.3. The molecule has 0 atom stereocenters. The maximum atomic E-state index is 13.3. The molecule has 1 amide bonds. The van der Waals surface area contributed by atoms with E-state index in [-0.39, 0.29) is 17.2 Å². The van der Waals surface area contributed by atoms with Crippen LogP contribution >= 0.6 is 11.8 Å². The molecule has 0 spiro atoms. The van der Waals surface area contributed by atoms with Crippen LogP contribution in [0.4, 0.5) is 5.69 Å². The summed E-state index contributed by atoms with van der Waals surface area (Å²) in [6, 6.07) is 23.1. The van der Waals surface area contributed by atoms with Crippen LogP contribution in [-0.2, 0) is 11.2 Å². The van der Waals surface area contributed by atoms with Crippen LogP contribution in [0.2, 0.25) is 0 Å². The lowest BCUT2D eigenvalue weighted by Crippen LogP contribution is -2.31. The highest BCUT2D eigenvalue weighted by atomic mass is 32.2. The molecule has 6 heteroatoms. The van der Waals surface area contributed by atoms with Crippen LogP contribution in [0.15, 0.2) is 82.7 Å². The standard InChI is InChI=1S/C25H21N3O2S/c1-17-7-6-9-19(15-17)28-24(30)20-10-3-4-11-21(20)26-25(28)31-16-23(29)27-14-13-18-8-2-5-12-22(18)27/h2-12,15H,13-14,16H2,1H3. The summed E-state index contributed by atoms with van der Waals surface area (Å²) in [5.41, 5.74) is 4.50. The minimum Gasteiger partial charge on any atom is -0.311 e. The molecule has 0 radical (unpaired) electrons. The lowest BCUT2D eigenvalue weighted by Gasteiger charge is -2.18. The number of rotatable bonds is 4. The van der Waals surface area contributed by atoms with Crippen molar-refractivity contribution in [2.75, 3.05) is 17.2 Å². The maximum Gasteiger partial charge on any atom is 0.266 e. The van der Waals surface area contributed by atoms with E-state index in [1.54, 1.807) is 10.6 Å². The van der Waals surface area contributed by atoms with Gasteiger partial charge >= 0.3 is 0 Å². The number of thioether (sulfide) groups is 1. The quantitative estimate of drug-likeness (QED) is 0.358. The molecule has 0 aliphatic carbocycles. The van der Waals surface area contributed by atoms with E-state index in [9.17, 15) is 9.59 Å². The first-order valence-corrected chi connectivity index (χ1v) is 11.2. The van der Waals surface area contributed by atoms with Crippen LogP contribution < -0.4 is 10.5 Å². The predicted molar refractivity (Wildman–Crippen MR) is 125 cm³/mol. The Hall–Kier alpha value is -3.38. The fourth-order valence-corrected chi connectivity index (χ4v) is 4.89. The number of hydrogen-bond donors (Lipinski definition) is 0. The highest BCUT2D eigenvalue weighted by Crippen LogP contribution is 2.29. The van der Waals surface area contributed by atoms with Crippen molar-refractivity contribution >= 4 is 34.3 Å². The van der Waals surface area contributed by atoms with Gasteiger partial charge in [-0.2, -0.15) is 0 Å². The van der Waals surface area contributed by atoms with Crippen molar-refractivity contribution in [3.05, 3.63) is 94.3 Å². The zero-order valence-electron chi connectivity index (χ0n) is 17.1. The van der Waals surface area contributed by atoms with Gasteiger partial charge in [-0.15, -0.1) is 0 Å². The molecule has 0 saturated heterocycles. The van der Waals surface area contributed by atoms with Crippen molar-refractivity contribution in [2.24, 2.45) is 0 Å². The molecule has 3 aromatic carbocycles. The van der Waals surface area contributed by atoms with Crippen LogP contribution in [0.1, 0.15) is 11.1 Å². The number of aryl methyl sites for hydroxylation is 1. The largest absolute Gasteiger partial charge is 0.311 e. The molecule has 0 N–H and O–H groups in total. The zero-order valence-corrected chi connectivity index (χ0v) is 17.9. The Morgan fingerprint density at radius 2 is 1.84 bits per heavy atom. The number of fused-ring (bicyclic) bond motifs is 2. The zero-order chi connectivity index (χ0) is 21.4. The Balaban J connectivity index is 1.51. The number of amides is 1. The van der Waals surface area contributed by atoms with E-state index < -0.39 is 0 Å². The third-order valence-corrected chi connectivity index (χ3v) is 6.44. The SMILES string of the molecule is Cc1cccc(-n2c(SCC(=O)N3CCc4ccccc43)nc3ccccc3c2=O)c1. The minimum atomic E-state index is -0.127. The van der Waals surface area contributed by atoms with Crippen molar-refractivity contribution in [3.8, 4) is 5.69 Å². The van der Waals surface area contributed by atoms with E-state index in [0.717, 1.165) is 23.4 Å². The molecule has 0 saturated carbocycles. The minimum absolute atomic E-state index is 0.0214. The van der Waals surface area contributed by atoms with Crippen LogP contribution in [0.5, 0.6) is 0 Å². The van der Waals surface area contributed by atoms with Gasteiger partial charge in [0.2, 0.25) is 5.91 Å². The molecular formula is C25H21N3O2S. The van der Waals surface area contributed by atoms with Crippen LogP contribution in [0.3, 0.4) is 0 Å². The van der Waals surface area contributed by atoms with E-state index in [0.29, 0.717) is 22.6 Å². The average Bonchev–Trinajstić information content (AvgIpc) is 3.22. The third kappa shape index (κ3) is 3.64. The van der Waals surface area contributed by atoms with Gasteiger partial charge < -0.3 is 4.90 Å². The van der Waals surface area contributed by atoms with E-state index >= 15 is 0 Å². The Morgan fingerprint density at radius 1 is 1.03 bits per heavy atom. The molecule has 1 aliphatic rings. The highest BCUT2D eigenvalue weighted by Gasteiger charge is 2.25. The molecule has 0 bridgehead atoms. The lowest BCUT2D eigenvalue weighted by atomic mass is 10.2. The van der Waals surface area contributed by atoms with Crippen LogP contribution in [-0.4, -0.2) is 27.8 Å². The number of anilines is 1. The Labute approximate surface area is 184 Å². The molecule has 5 nitrogen and oxygen atoms in total. The monoisotopic (exact) mass is 427 g/mol. The van der Waals surface area contributed by atoms with E-state index in [4.69, 9.17) is 4.98 Å². The second-order valence-electron chi connectivity index (χ2n) is 7.60. The molecule has 4 aromatic rings. The molecule has 0 unspecified atom stereocenters. The Kier molecular flexibility index (Phi) is 5.08. The van der Waals surface area contributed by atoms with Crippen molar-refractivity contribution in [3.63, 3.8) is 0 Å². The Bertz CT molecular complexity index is 1360. The van der Waals surface area contributed by atoms with Crippen molar-refractivity contribution in [2.45, 2.75) is 18.5 Å². The molecule has 2 heterocycles. The summed E-state index contributed by atoms with van der Waals surface area (Å²) in [4.78, 5) is 32.9. The molecule has 1 aliphatic heterocycles. The molecule has 0 fully saturated rings. The number of aromatic nitrogens is 2. The van der Waals surface area contributed by atoms with Gasteiger partial charge in [0, 0.05) is 12.2 Å². The van der Waals surface area contributed by atoms with Crippen molar-refractivity contribution in [1.82, 2.24) is 9.55 Å². The van der Waals surface area contributed by atoms with Gasteiger partial charge in [0.15, 0.2) is 5.16 Å². The normalized spacial score (nSPS) is 12.9. The van der Waals surface area contributed by atoms with Crippen LogP contribution in [0, 0.1) is 6.92 Å². The average molecular weight is 428 g/mol. The second-order valence-corrected chi connectivity index (χ2v) is 8.55. The van der Waals surface area contributed by atoms with Gasteiger partial charge in [-0.3, -0.25) is 14.2 Å². The number of nitrogens with zero attached hydrogens (tertiary/aromatic N) is 3. The van der Waals surface area contributed by atoms with Gasteiger partial charge in [-0.25, -0.2) is 4.98 Å².